The Hall–Kier alpha value is -0.455. The summed E-state index contributed by atoms with van der Waals surface area (Å²) < 4.78 is 0. The Morgan fingerprint density at radius 2 is 1.38 bits per heavy atom. The van der Waals surface area contributed by atoms with Gasteiger partial charge in [0.05, 0.1) is 0 Å². The van der Waals surface area contributed by atoms with Crippen molar-refractivity contribution in [3.63, 3.8) is 0 Å². The second-order valence-electron chi connectivity index (χ2n) is 1.91. The van der Waals surface area contributed by atoms with E-state index in [0.717, 1.165) is 0 Å². The van der Waals surface area contributed by atoms with Crippen LogP contribution in [-0.4, -0.2) is 6.71 Å². The lowest BCUT2D eigenvalue weighted by Gasteiger charge is -1.86. The molecule has 0 aromatic carbocycles. The van der Waals surface area contributed by atoms with E-state index in [1.807, 2.05) is 13.8 Å². The van der Waals surface area contributed by atoms with Crippen molar-refractivity contribution < 1.29 is 0 Å². The number of hydrogen-bond acceptors (Lipinski definition) is 0. The summed E-state index contributed by atoms with van der Waals surface area (Å²) in [5.74, 6) is 4.33. The first kappa shape index (κ1) is 7.54. The quantitative estimate of drug-likeness (QED) is 0.476. The van der Waals surface area contributed by atoms with Crippen LogP contribution in [0.4, 0.5) is 0 Å². The second-order valence-corrected chi connectivity index (χ2v) is 1.91. The van der Waals surface area contributed by atoms with Crippen LogP contribution in [0, 0.1) is 0 Å². The highest BCUT2D eigenvalue weighted by Crippen LogP contribution is 1.85. The van der Waals surface area contributed by atoms with E-state index in [2.05, 4.69) is 30.9 Å². The van der Waals surface area contributed by atoms with Gasteiger partial charge in [0, 0.05) is 0 Å². The van der Waals surface area contributed by atoms with Crippen molar-refractivity contribution in [2.75, 3.05) is 0 Å². The van der Waals surface area contributed by atoms with Crippen molar-refractivity contribution in [3.05, 3.63) is 24.1 Å². The molecule has 0 aliphatic heterocycles. The molecule has 44 valence electrons. The summed E-state index contributed by atoms with van der Waals surface area (Å²) in [4.78, 5) is 0. The van der Waals surface area contributed by atoms with E-state index < -0.39 is 0 Å². The molecule has 0 nitrogen and oxygen atoms in total. The third-order valence-electron chi connectivity index (χ3n) is 0.992. The largest absolute Gasteiger partial charge is 0.188 e. The molecule has 1 heteroatoms. The fraction of sp³-hybridized carbons (Fsp3) is 0.429. The maximum Gasteiger partial charge on any atom is 0.188 e. The Bertz CT molecular complexity index is 80.6. The summed E-state index contributed by atoms with van der Waals surface area (Å²) in [5, 5.41) is 0. The third-order valence-corrected chi connectivity index (χ3v) is 0.992. The van der Waals surface area contributed by atoms with Gasteiger partial charge in [0.1, 0.15) is 0 Å². The van der Waals surface area contributed by atoms with Gasteiger partial charge in [-0.25, -0.2) is 0 Å². The topological polar surface area (TPSA) is 0 Å². The molecule has 0 aliphatic rings. The van der Waals surface area contributed by atoms with Crippen LogP contribution in [0.15, 0.2) is 24.1 Å². The molecule has 0 aliphatic carbocycles. The van der Waals surface area contributed by atoms with Gasteiger partial charge in [-0.1, -0.05) is 19.0 Å². The summed E-state index contributed by atoms with van der Waals surface area (Å²) in [6, 6.07) is 0. The summed E-state index contributed by atoms with van der Waals surface area (Å²) in [6.07, 6.45) is 4.15. The van der Waals surface area contributed by atoms with E-state index in [4.69, 9.17) is 0 Å². The average molecular weight is 108 g/mol. The molecule has 8 heavy (non-hydrogen) atoms. The zero-order valence-corrected chi connectivity index (χ0v) is 5.89. The fourth-order valence-electron chi connectivity index (χ4n) is 0.671. The molecule has 0 saturated heterocycles. The molecular weight excluding hydrogens is 94.9 g/mol. The van der Waals surface area contributed by atoms with Gasteiger partial charge in [0.15, 0.2) is 6.71 Å². The highest BCUT2D eigenvalue weighted by molar-refractivity contribution is 6.68. The molecule has 0 spiro atoms. The van der Waals surface area contributed by atoms with Gasteiger partial charge in [-0.3, -0.25) is 0 Å². The maximum atomic E-state index is 2.17. The first-order valence-corrected chi connectivity index (χ1v) is 3.07. The van der Waals surface area contributed by atoms with Crippen molar-refractivity contribution in [2.45, 2.75) is 20.7 Å². The Kier molecular flexibility index (Phi) is 4.43. The SMILES string of the molecule is CC=CB(C)C=CC. The molecule has 0 unspecified atom stereocenters. The Morgan fingerprint density at radius 1 is 1.00 bits per heavy atom. The highest BCUT2D eigenvalue weighted by Gasteiger charge is 1.90. The van der Waals surface area contributed by atoms with Crippen LogP contribution >= 0.6 is 0 Å². The van der Waals surface area contributed by atoms with Gasteiger partial charge in [-0.05, 0) is 13.8 Å². The minimum atomic E-state index is 0.602. The lowest BCUT2D eigenvalue weighted by atomic mass is 9.52. The van der Waals surface area contributed by atoms with Crippen molar-refractivity contribution in [1.82, 2.24) is 0 Å². The number of hydrogen-bond donors (Lipinski definition) is 0. The fourth-order valence-corrected chi connectivity index (χ4v) is 0.671. The second kappa shape index (κ2) is 4.70. The molecule has 0 saturated carbocycles. The van der Waals surface area contributed by atoms with Gasteiger partial charge in [0.2, 0.25) is 0 Å². The average Bonchev–Trinajstić information content (AvgIpc) is 1.68. The summed E-state index contributed by atoms with van der Waals surface area (Å²) in [5.41, 5.74) is 0. The van der Waals surface area contributed by atoms with Crippen molar-refractivity contribution in [1.29, 1.82) is 0 Å². The molecule has 0 atom stereocenters. The predicted molar refractivity (Wildman–Crippen MR) is 41.2 cm³/mol. The van der Waals surface area contributed by atoms with Gasteiger partial charge >= 0.3 is 0 Å². The summed E-state index contributed by atoms with van der Waals surface area (Å²) >= 11 is 0. The zero-order valence-electron chi connectivity index (χ0n) is 5.89. The lowest BCUT2D eigenvalue weighted by molar-refractivity contribution is 1.74. The minimum Gasteiger partial charge on any atom is -0.115 e. The molecule has 0 amide bonds. The smallest absolute Gasteiger partial charge is 0.115 e. The normalized spacial score (nSPS) is 11.4. The van der Waals surface area contributed by atoms with Crippen LogP contribution < -0.4 is 0 Å². The Morgan fingerprint density at radius 3 is 1.62 bits per heavy atom. The molecule has 0 fully saturated rings. The molecular formula is C7H13B. The first-order valence-electron chi connectivity index (χ1n) is 3.07. The molecule has 0 aromatic heterocycles. The van der Waals surface area contributed by atoms with Crippen LogP contribution in [0.5, 0.6) is 0 Å². The zero-order chi connectivity index (χ0) is 6.41. The number of rotatable bonds is 2. The minimum absolute atomic E-state index is 0.602. The van der Waals surface area contributed by atoms with Crippen LogP contribution in [0.3, 0.4) is 0 Å². The highest BCUT2D eigenvalue weighted by atomic mass is 13.5. The van der Waals surface area contributed by atoms with E-state index >= 15 is 0 Å². The third kappa shape index (κ3) is 3.73. The molecule has 0 rings (SSSR count). The van der Waals surface area contributed by atoms with E-state index in [1.165, 1.54) is 0 Å². The summed E-state index contributed by atoms with van der Waals surface area (Å²) in [7, 11) is 0. The molecule has 0 N–H and O–H groups in total. The maximum absolute atomic E-state index is 2.17. The van der Waals surface area contributed by atoms with Gasteiger partial charge in [-0.2, -0.15) is 0 Å². The van der Waals surface area contributed by atoms with Crippen LogP contribution in [0.1, 0.15) is 13.8 Å². The van der Waals surface area contributed by atoms with Crippen LogP contribution in [0.25, 0.3) is 0 Å². The monoisotopic (exact) mass is 108 g/mol. The van der Waals surface area contributed by atoms with Gasteiger partial charge in [0.25, 0.3) is 0 Å². The Labute approximate surface area is 52.4 Å². The van der Waals surface area contributed by atoms with Crippen molar-refractivity contribution in [2.24, 2.45) is 0 Å². The van der Waals surface area contributed by atoms with Crippen LogP contribution in [0.2, 0.25) is 6.82 Å². The van der Waals surface area contributed by atoms with Crippen molar-refractivity contribution >= 4 is 6.71 Å². The molecule has 0 aromatic rings. The van der Waals surface area contributed by atoms with Crippen molar-refractivity contribution in [3.8, 4) is 0 Å². The van der Waals surface area contributed by atoms with Gasteiger partial charge in [-0.15, -0.1) is 12.0 Å². The summed E-state index contributed by atoms with van der Waals surface area (Å²) in [6.45, 7) is 6.85. The molecule has 0 bridgehead atoms. The standard InChI is InChI=1S/C7H13B/c1-4-6-8(3)7-5-2/h4-7H,1-3H3. The molecule has 0 radical (unpaired) electrons. The van der Waals surface area contributed by atoms with E-state index in [0.29, 0.717) is 6.71 Å². The predicted octanol–water partition coefficient (Wildman–Crippen LogP) is 2.34. The molecule has 0 heterocycles. The van der Waals surface area contributed by atoms with Gasteiger partial charge < -0.3 is 0 Å². The van der Waals surface area contributed by atoms with E-state index in [1.54, 1.807) is 0 Å². The first-order chi connectivity index (χ1) is 3.81. The van der Waals surface area contributed by atoms with E-state index in [9.17, 15) is 0 Å². The number of allylic oxidation sites excluding steroid dienone is 2. The van der Waals surface area contributed by atoms with Crippen LogP contribution in [-0.2, 0) is 0 Å². The van der Waals surface area contributed by atoms with E-state index in [-0.39, 0.29) is 0 Å². The lowest BCUT2D eigenvalue weighted by Crippen LogP contribution is -1.95. The Balaban J connectivity index is 3.47.